The monoisotopic (exact) mass is 402 g/mol. The SMILES string of the molecule is CCN(C(=O)COC(=O)C=Cc1ccc2ccccc2n1)C1CCS(=O)(=O)C1. The van der Waals surface area contributed by atoms with Crippen molar-refractivity contribution in [3.05, 3.63) is 48.2 Å². The Morgan fingerprint density at radius 1 is 1.25 bits per heavy atom. The molecule has 1 atom stereocenters. The second kappa shape index (κ2) is 8.52. The van der Waals surface area contributed by atoms with E-state index < -0.39 is 28.3 Å². The third-order valence-corrected chi connectivity index (χ3v) is 6.41. The largest absolute Gasteiger partial charge is 0.452 e. The number of carbonyl (C=O) groups is 2. The molecule has 148 valence electrons. The van der Waals surface area contributed by atoms with Crippen molar-refractivity contribution < 1.29 is 22.7 Å². The molecule has 28 heavy (non-hydrogen) atoms. The molecular formula is C20H22N2O5S. The first-order chi connectivity index (χ1) is 13.4. The van der Waals surface area contributed by atoms with Crippen molar-refractivity contribution in [1.82, 2.24) is 9.88 Å². The first-order valence-corrected chi connectivity index (χ1v) is 10.9. The molecule has 1 aliphatic heterocycles. The molecule has 1 amide bonds. The summed E-state index contributed by atoms with van der Waals surface area (Å²) < 4.78 is 28.2. The third-order valence-electron chi connectivity index (χ3n) is 4.66. The predicted octanol–water partition coefficient (Wildman–Crippen LogP) is 1.83. The molecular weight excluding hydrogens is 380 g/mol. The van der Waals surface area contributed by atoms with Crippen LogP contribution in [-0.2, 0) is 24.2 Å². The number of esters is 1. The van der Waals surface area contributed by atoms with Gasteiger partial charge in [-0.3, -0.25) is 4.79 Å². The maximum Gasteiger partial charge on any atom is 0.331 e. The lowest BCUT2D eigenvalue weighted by molar-refractivity contribution is -0.149. The van der Waals surface area contributed by atoms with Crippen LogP contribution in [-0.4, -0.2) is 60.9 Å². The smallest absolute Gasteiger partial charge is 0.331 e. The molecule has 0 radical (unpaired) electrons. The minimum atomic E-state index is -3.09. The molecule has 1 aromatic carbocycles. The molecule has 1 aromatic heterocycles. The fourth-order valence-electron chi connectivity index (χ4n) is 3.25. The Hall–Kier alpha value is -2.74. The molecule has 3 rings (SSSR count). The Bertz CT molecular complexity index is 1020. The van der Waals surface area contributed by atoms with Crippen LogP contribution in [0.5, 0.6) is 0 Å². The van der Waals surface area contributed by atoms with E-state index in [2.05, 4.69) is 4.98 Å². The van der Waals surface area contributed by atoms with E-state index in [9.17, 15) is 18.0 Å². The number of para-hydroxylation sites is 1. The number of sulfone groups is 1. The standard InChI is InChI=1S/C20H22N2O5S/c1-2-22(17-11-12-28(25,26)14-17)19(23)13-27-20(24)10-9-16-8-7-15-5-3-4-6-18(15)21-16/h3-10,17H,2,11-14H2,1H3. The molecule has 1 aliphatic rings. The number of rotatable bonds is 6. The van der Waals surface area contributed by atoms with Gasteiger partial charge in [0.1, 0.15) is 0 Å². The molecule has 0 N–H and O–H groups in total. The first kappa shape index (κ1) is 20.0. The molecule has 0 saturated carbocycles. The maximum absolute atomic E-state index is 12.3. The van der Waals surface area contributed by atoms with Crippen molar-refractivity contribution >= 4 is 38.7 Å². The van der Waals surface area contributed by atoms with Gasteiger partial charge in [-0.2, -0.15) is 0 Å². The fourth-order valence-corrected chi connectivity index (χ4v) is 4.98. The number of hydrogen-bond donors (Lipinski definition) is 0. The molecule has 7 nitrogen and oxygen atoms in total. The molecule has 1 saturated heterocycles. The number of carbonyl (C=O) groups excluding carboxylic acids is 2. The average Bonchev–Trinajstić information content (AvgIpc) is 3.04. The van der Waals surface area contributed by atoms with Crippen molar-refractivity contribution in [3.8, 4) is 0 Å². The average molecular weight is 402 g/mol. The normalized spacial score (nSPS) is 18.4. The van der Waals surface area contributed by atoms with Gasteiger partial charge in [0.25, 0.3) is 5.91 Å². The summed E-state index contributed by atoms with van der Waals surface area (Å²) in [6.07, 6.45) is 3.17. The van der Waals surface area contributed by atoms with E-state index in [-0.39, 0.29) is 17.5 Å². The Kier molecular flexibility index (Phi) is 6.08. The summed E-state index contributed by atoms with van der Waals surface area (Å²) in [5, 5.41) is 1.00. The van der Waals surface area contributed by atoms with Crippen LogP contribution in [0.1, 0.15) is 19.0 Å². The van der Waals surface area contributed by atoms with Crippen molar-refractivity contribution in [2.45, 2.75) is 19.4 Å². The Morgan fingerprint density at radius 3 is 2.75 bits per heavy atom. The van der Waals surface area contributed by atoms with Crippen LogP contribution in [0.15, 0.2) is 42.5 Å². The minimum absolute atomic E-state index is 0.0337. The van der Waals surface area contributed by atoms with Crippen molar-refractivity contribution in [2.24, 2.45) is 0 Å². The molecule has 1 unspecified atom stereocenters. The minimum Gasteiger partial charge on any atom is -0.452 e. The van der Waals surface area contributed by atoms with E-state index in [0.29, 0.717) is 18.7 Å². The van der Waals surface area contributed by atoms with Gasteiger partial charge in [0.15, 0.2) is 16.4 Å². The Morgan fingerprint density at radius 2 is 2.04 bits per heavy atom. The second-order valence-corrected chi connectivity index (χ2v) is 8.84. The lowest BCUT2D eigenvalue weighted by atomic mass is 10.2. The zero-order valence-electron chi connectivity index (χ0n) is 15.6. The zero-order chi connectivity index (χ0) is 20.1. The molecule has 0 aliphatic carbocycles. The highest BCUT2D eigenvalue weighted by atomic mass is 32.2. The van der Waals surface area contributed by atoms with Crippen molar-refractivity contribution in [1.29, 1.82) is 0 Å². The van der Waals surface area contributed by atoms with Crippen LogP contribution in [0.2, 0.25) is 0 Å². The predicted molar refractivity (Wildman–Crippen MR) is 106 cm³/mol. The summed E-state index contributed by atoms with van der Waals surface area (Å²) in [4.78, 5) is 30.1. The second-order valence-electron chi connectivity index (χ2n) is 6.61. The molecule has 2 heterocycles. The zero-order valence-corrected chi connectivity index (χ0v) is 16.4. The Labute approximate surface area is 163 Å². The van der Waals surface area contributed by atoms with Gasteiger partial charge in [-0.25, -0.2) is 18.2 Å². The van der Waals surface area contributed by atoms with Gasteiger partial charge in [-0.1, -0.05) is 24.3 Å². The van der Waals surface area contributed by atoms with E-state index in [1.807, 2.05) is 30.3 Å². The van der Waals surface area contributed by atoms with Gasteiger partial charge >= 0.3 is 5.97 Å². The Balaban J connectivity index is 1.55. The van der Waals surface area contributed by atoms with E-state index in [0.717, 1.165) is 10.9 Å². The highest BCUT2D eigenvalue weighted by Gasteiger charge is 2.34. The number of likely N-dealkylation sites (N-methyl/N-ethyl adjacent to an activating group) is 1. The number of nitrogens with zero attached hydrogens (tertiary/aromatic N) is 2. The summed E-state index contributed by atoms with van der Waals surface area (Å²) in [6.45, 7) is 1.72. The first-order valence-electron chi connectivity index (χ1n) is 9.08. The number of pyridine rings is 1. The highest BCUT2D eigenvalue weighted by Crippen LogP contribution is 2.18. The number of aromatic nitrogens is 1. The van der Waals surface area contributed by atoms with Crippen LogP contribution in [0.3, 0.4) is 0 Å². The molecule has 0 spiro atoms. The van der Waals surface area contributed by atoms with Gasteiger partial charge in [0, 0.05) is 24.0 Å². The quantitative estimate of drug-likeness (QED) is 0.541. The number of fused-ring (bicyclic) bond motifs is 1. The van der Waals surface area contributed by atoms with Gasteiger partial charge in [0.2, 0.25) is 0 Å². The summed E-state index contributed by atoms with van der Waals surface area (Å²) in [5.74, 6) is -0.995. The van der Waals surface area contributed by atoms with Crippen molar-refractivity contribution in [2.75, 3.05) is 24.7 Å². The van der Waals surface area contributed by atoms with E-state index in [1.54, 1.807) is 13.0 Å². The van der Waals surface area contributed by atoms with Gasteiger partial charge in [0.05, 0.1) is 22.7 Å². The summed E-state index contributed by atoms with van der Waals surface area (Å²) in [7, 11) is -3.09. The molecule has 2 aromatic rings. The number of hydrogen-bond acceptors (Lipinski definition) is 6. The number of amides is 1. The van der Waals surface area contributed by atoms with Crippen LogP contribution in [0.25, 0.3) is 17.0 Å². The number of ether oxygens (including phenoxy) is 1. The molecule has 0 bridgehead atoms. The van der Waals surface area contributed by atoms with Crippen LogP contribution in [0, 0.1) is 0 Å². The van der Waals surface area contributed by atoms with E-state index in [1.165, 1.54) is 17.1 Å². The van der Waals surface area contributed by atoms with E-state index in [4.69, 9.17) is 4.74 Å². The molecule has 8 heteroatoms. The third kappa shape index (κ3) is 4.95. The maximum atomic E-state index is 12.3. The van der Waals surface area contributed by atoms with Crippen LogP contribution >= 0.6 is 0 Å². The van der Waals surface area contributed by atoms with Gasteiger partial charge in [-0.15, -0.1) is 0 Å². The highest BCUT2D eigenvalue weighted by molar-refractivity contribution is 7.91. The lowest BCUT2D eigenvalue weighted by Crippen LogP contribution is -2.43. The topological polar surface area (TPSA) is 93.6 Å². The van der Waals surface area contributed by atoms with Crippen molar-refractivity contribution in [3.63, 3.8) is 0 Å². The molecule has 1 fully saturated rings. The summed E-state index contributed by atoms with van der Waals surface area (Å²) >= 11 is 0. The van der Waals surface area contributed by atoms with Crippen LogP contribution in [0.4, 0.5) is 0 Å². The summed E-state index contributed by atoms with van der Waals surface area (Å²) in [5.41, 5.74) is 1.42. The number of benzene rings is 1. The van der Waals surface area contributed by atoms with E-state index >= 15 is 0 Å². The van der Waals surface area contributed by atoms with Crippen LogP contribution < -0.4 is 0 Å². The lowest BCUT2D eigenvalue weighted by Gasteiger charge is -2.26. The van der Waals surface area contributed by atoms with Gasteiger partial charge in [-0.05, 0) is 31.6 Å². The summed E-state index contributed by atoms with van der Waals surface area (Å²) in [6, 6.07) is 11.0. The fraction of sp³-hybridized carbons (Fsp3) is 0.350. The van der Waals surface area contributed by atoms with Gasteiger partial charge < -0.3 is 9.64 Å².